The van der Waals surface area contributed by atoms with Gasteiger partial charge in [0, 0.05) is 0 Å². The SMILES string of the molecule is CCC1=CC[C]([Zr+2]([c]2c(C(C)(C)C)ccc3c2Cc2cc(C(C)(C)C)ccc2-3)=[Si](C)C)=C1CC.[Cl-].[Cl-]. The van der Waals surface area contributed by atoms with E-state index in [0.717, 1.165) is 6.42 Å². The van der Waals surface area contributed by atoms with Crippen LogP contribution in [0.3, 0.4) is 0 Å². The second-order valence-electron chi connectivity index (χ2n) is 12.5. The molecule has 2 aliphatic carbocycles. The fraction of sp³-hybridized carbons (Fsp3) is 0.500. The van der Waals surface area contributed by atoms with E-state index in [9.17, 15) is 0 Å². The van der Waals surface area contributed by atoms with Crippen LogP contribution in [0.15, 0.2) is 50.8 Å². The zero-order valence-corrected chi connectivity index (χ0v) is 29.0. The molecule has 2 aromatic rings. The van der Waals surface area contributed by atoms with E-state index in [0.29, 0.717) is 0 Å². The number of hydrogen-bond donors (Lipinski definition) is 0. The summed E-state index contributed by atoms with van der Waals surface area (Å²) in [5.41, 5.74) is 12.8. The summed E-state index contributed by atoms with van der Waals surface area (Å²) in [5.74, 6) is 0. The molecule has 0 nitrogen and oxygen atoms in total. The van der Waals surface area contributed by atoms with Crippen LogP contribution >= 0.6 is 0 Å². The summed E-state index contributed by atoms with van der Waals surface area (Å²) in [6, 6.07) is 12.3. The van der Waals surface area contributed by atoms with Gasteiger partial charge in [-0.1, -0.05) is 0 Å². The molecule has 0 atom stereocenters. The Bertz CT molecular complexity index is 1250. The number of benzene rings is 2. The quantitative estimate of drug-likeness (QED) is 0.395. The van der Waals surface area contributed by atoms with Gasteiger partial charge in [-0.2, -0.15) is 0 Å². The van der Waals surface area contributed by atoms with Crippen LogP contribution < -0.4 is 28.1 Å². The first kappa shape index (κ1) is 31.8. The van der Waals surface area contributed by atoms with Crippen molar-refractivity contribution in [2.75, 3.05) is 0 Å². The third-order valence-corrected chi connectivity index (χ3v) is 24.8. The van der Waals surface area contributed by atoms with Crippen molar-refractivity contribution in [2.24, 2.45) is 0 Å². The molecule has 36 heavy (non-hydrogen) atoms. The van der Waals surface area contributed by atoms with Crippen molar-refractivity contribution in [3.05, 3.63) is 73.1 Å². The van der Waals surface area contributed by atoms with Gasteiger partial charge < -0.3 is 24.8 Å². The summed E-state index contributed by atoms with van der Waals surface area (Å²) in [7, 11) is 0. The van der Waals surface area contributed by atoms with Crippen LogP contribution in [-0.2, 0) is 37.6 Å². The van der Waals surface area contributed by atoms with E-state index in [1.807, 2.05) is 6.55 Å². The summed E-state index contributed by atoms with van der Waals surface area (Å²) in [6.07, 6.45) is 7.37. The molecule has 0 saturated carbocycles. The molecular weight excluding hydrogens is 575 g/mol. The van der Waals surface area contributed by atoms with Crippen LogP contribution in [0.1, 0.15) is 96.9 Å². The Hall–Kier alpha value is -0.400. The zero-order valence-electron chi connectivity index (χ0n) is 24.0. The molecule has 0 amide bonds. The minimum absolute atomic E-state index is 0. The van der Waals surface area contributed by atoms with Crippen molar-refractivity contribution in [3.63, 3.8) is 0 Å². The van der Waals surface area contributed by atoms with Crippen LogP contribution in [0.5, 0.6) is 0 Å². The van der Waals surface area contributed by atoms with Gasteiger partial charge in [-0.25, -0.2) is 0 Å². The molecule has 0 radical (unpaired) electrons. The van der Waals surface area contributed by atoms with Crippen LogP contribution in [0, 0.1) is 0 Å². The topological polar surface area (TPSA) is 0 Å². The Kier molecular flexibility index (Phi) is 10.4. The number of hydrogen-bond acceptors (Lipinski definition) is 0. The maximum Gasteiger partial charge on any atom is -1.00 e. The van der Waals surface area contributed by atoms with Crippen molar-refractivity contribution >= 4 is 8.70 Å². The second-order valence-corrected chi connectivity index (χ2v) is 29.4. The minimum atomic E-state index is -2.05. The first-order valence-electron chi connectivity index (χ1n) is 13.3. The molecule has 0 unspecified atom stereocenters. The monoisotopic (exact) mass is 616 g/mol. The van der Waals surface area contributed by atoms with E-state index in [1.165, 1.54) is 30.4 Å². The van der Waals surface area contributed by atoms with E-state index >= 15 is 0 Å². The van der Waals surface area contributed by atoms with Crippen molar-refractivity contribution in [1.82, 2.24) is 0 Å². The number of allylic oxidation sites excluding steroid dienone is 4. The minimum Gasteiger partial charge on any atom is -1.00 e. The van der Waals surface area contributed by atoms with Gasteiger partial charge in [0.05, 0.1) is 0 Å². The van der Waals surface area contributed by atoms with Gasteiger partial charge in [-0.05, 0) is 0 Å². The first-order chi connectivity index (χ1) is 15.9. The molecule has 2 aliphatic rings. The van der Waals surface area contributed by atoms with E-state index < -0.39 is 25.8 Å². The molecule has 0 fully saturated rings. The molecule has 0 bridgehead atoms. The summed E-state index contributed by atoms with van der Waals surface area (Å²) in [5, 5.41) is 0. The largest absolute Gasteiger partial charge is 1.00 e. The molecule has 0 heterocycles. The Morgan fingerprint density at radius 1 is 0.833 bits per heavy atom. The van der Waals surface area contributed by atoms with Gasteiger partial charge in [0.25, 0.3) is 0 Å². The van der Waals surface area contributed by atoms with Gasteiger partial charge in [0.2, 0.25) is 0 Å². The van der Waals surface area contributed by atoms with Crippen LogP contribution in [0.25, 0.3) is 11.1 Å². The molecule has 4 rings (SSSR count). The third-order valence-electron chi connectivity index (χ3n) is 7.84. The predicted molar refractivity (Wildman–Crippen MR) is 150 cm³/mol. The van der Waals surface area contributed by atoms with Crippen molar-refractivity contribution < 1.29 is 45.2 Å². The Balaban J connectivity index is 0.00000228. The molecule has 0 saturated heterocycles. The maximum absolute atomic E-state index is 2.63. The molecule has 0 aliphatic heterocycles. The van der Waals surface area contributed by atoms with Crippen LogP contribution in [0.2, 0.25) is 13.1 Å². The van der Waals surface area contributed by atoms with Gasteiger partial charge in [-0.3, -0.25) is 0 Å². The summed E-state index contributed by atoms with van der Waals surface area (Å²) < 4.78 is 3.82. The number of fused-ring (bicyclic) bond motifs is 3. The molecule has 0 N–H and O–H groups in total. The fourth-order valence-electron chi connectivity index (χ4n) is 6.07. The van der Waals surface area contributed by atoms with Crippen LogP contribution in [0.4, 0.5) is 0 Å². The summed E-state index contributed by atoms with van der Waals surface area (Å²) in [4.78, 5) is 0. The Morgan fingerprint density at radius 3 is 2.00 bits per heavy atom. The summed E-state index contributed by atoms with van der Waals surface area (Å²) in [6.45, 7) is 24.4. The first-order valence-corrected chi connectivity index (χ1v) is 21.9. The van der Waals surface area contributed by atoms with Crippen molar-refractivity contribution in [2.45, 2.75) is 105 Å². The number of rotatable bonds is 4. The van der Waals surface area contributed by atoms with Crippen molar-refractivity contribution in [1.29, 1.82) is 0 Å². The van der Waals surface area contributed by atoms with Gasteiger partial charge >= 0.3 is 218 Å². The number of halogens is 2. The van der Waals surface area contributed by atoms with Crippen LogP contribution in [-0.4, -0.2) is 5.43 Å². The standard InChI is InChI=1S/C21H25.C9H13.C2H6Si.2ClH.Zr/c1-20(2,3)16-7-9-18-14(12-16)11-15-13-17(21(4,5)6)8-10-19(15)18;1-3-8-6-5-7-9(8)4-2;1-3-2;;;/h7-10,12H,11H2,1-6H3;6H,3-5H2,1-2H3;1-2H3;2*1H;/q;;;;;+2/p-2. The van der Waals surface area contributed by atoms with E-state index in [1.54, 1.807) is 33.4 Å². The molecule has 4 heteroatoms. The average Bonchev–Trinajstić information content (AvgIpc) is 3.32. The third kappa shape index (κ3) is 5.78. The van der Waals surface area contributed by atoms with Gasteiger partial charge in [-0.15, -0.1) is 0 Å². The summed E-state index contributed by atoms with van der Waals surface area (Å²) >= 11 is -2.05. The normalized spacial score (nSPS) is 14.3. The van der Waals surface area contributed by atoms with E-state index in [-0.39, 0.29) is 35.6 Å². The smallest absolute Gasteiger partial charge is 1.00 e. The van der Waals surface area contributed by atoms with E-state index in [4.69, 9.17) is 0 Å². The molecule has 0 spiro atoms. The Morgan fingerprint density at radius 2 is 1.47 bits per heavy atom. The van der Waals surface area contributed by atoms with Crippen molar-refractivity contribution in [3.8, 4) is 11.1 Å². The Labute approximate surface area is 241 Å². The van der Waals surface area contributed by atoms with Gasteiger partial charge in [0.1, 0.15) is 0 Å². The molecule has 0 aromatic heterocycles. The van der Waals surface area contributed by atoms with Gasteiger partial charge in [0.15, 0.2) is 0 Å². The maximum atomic E-state index is 2.63. The predicted octanol–water partition coefficient (Wildman–Crippen LogP) is 2.76. The fourth-order valence-corrected chi connectivity index (χ4v) is 24.6. The molecule has 2 aromatic carbocycles. The second kappa shape index (κ2) is 11.8. The molecular formula is C32H44Cl2SiZr. The average molecular weight is 619 g/mol. The molecule has 194 valence electrons. The van der Waals surface area contributed by atoms with E-state index in [2.05, 4.69) is 105 Å². The zero-order chi connectivity index (χ0) is 25.0.